The Morgan fingerprint density at radius 2 is 2.20 bits per heavy atom. The standard InChI is InChI=1S/C13H26N6O/c14-12-11-13(17-9-16-12)19(10-18-11)7-6-15-5-3-1-2-4-8-20/h10,12,15-17,20H,1-9,14H2. The molecule has 0 spiro atoms. The summed E-state index contributed by atoms with van der Waals surface area (Å²) in [5.74, 6) is 1.03. The molecule has 1 aromatic heterocycles. The third kappa shape index (κ3) is 4.17. The quantitative estimate of drug-likeness (QED) is 0.407. The van der Waals surface area contributed by atoms with Gasteiger partial charge in [0.2, 0.25) is 0 Å². The van der Waals surface area contributed by atoms with Crippen LogP contribution in [0.1, 0.15) is 37.5 Å². The first-order chi connectivity index (χ1) is 9.83. The Kier molecular flexibility index (Phi) is 6.25. The van der Waals surface area contributed by atoms with Gasteiger partial charge in [-0.2, -0.15) is 0 Å². The van der Waals surface area contributed by atoms with Crippen LogP contribution in [0, 0.1) is 0 Å². The number of unbranched alkanes of at least 4 members (excludes halogenated alkanes) is 3. The topological polar surface area (TPSA) is 100 Å². The molecule has 0 saturated heterocycles. The lowest BCUT2D eigenvalue weighted by Crippen LogP contribution is -2.38. The fraction of sp³-hybridized carbons (Fsp3) is 0.769. The summed E-state index contributed by atoms with van der Waals surface area (Å²) in [6, 6.07) is 0. The largest absolute Gasteiger partial charge is 0.396 e. The zero-order valence-corrected chi connectivity index (χ0v) is 11.9. The van der Waals surface area contributed by atoms with Crippen molar-refractivity contribution in [1.29, 1.82) is 0 Å². The molecule has 0 bridgehead atoms. The summed E-state index contributed by atoms with van der Waals surface area (Å²) in [5.41, 5.74) is 6.82. The van der Waals surface area contributed by atoms with E-state index in [4.69, 9.17) is 10.8 Å². The molecule has 20 heavy (non-hydrogen) atoms. The number of aliphatic hydroxyl groups is 1. The third-order valence-electron chi connectivity index (χ3n) is 3.53. The number of hydrogen-bond acceptors (Lipinski definition) is 6. The van der Waals surface area contributed by atoms with Crippen molar-refractivity contribution < 1.29 is 5.11 Å². The van der Waals surface area contributed by atoms with Crippen LogP contribution in [0.4, 0.5) is 5.82 Å². The Morgan fingerprint density at radius 1 is 1.35 bits per heavy atom. The smallest absolute Gasteiger partial charge is 0.133 e. The predicted octanol–water partition coefficient (Wildman–Crippen LogP) is -0.0447. The highest BCUT2D eigenvalue weighted by Crippen LogP contribution is 2.21. The van der Waals surface area contributed by atoms with Gasteiger partial charge in [0.25, 0.3) is 0 Å². The Bertz CT molecular complexity index is 394. The molecule has 6 N–H and O–H groups in total. The normalized spacial score (nSPS) is 17.8. The van der Waals surface area contributed by atoms with Crippen LogP contribution in [-0.2, 0) is 6.54 Å². The van der Waals surface area contributed by atoms with E-state index in [2.05, 4.69) is 25.5 Å². The summed E-state index contributed by atoms with van der Waals surface area (Å²) in [6.45, 7) is 3.82. The summed E-state index contributed by atoms with van der Waals surface area (Å²) >= 11 is 0. The van der Waals surface area contributed by atoms with Gasteiger partial charge in [0, 0.05) is 19.7 Å². The second-order valence-electron chi connectivity index (χ2n) is 5.09. The predicted molar refractivity (Wildman–Crippen MR) is 79.2 cm³/mol. The van der Waals surface area contributed by atoms with Crippen molar-refractivity contribution in [2.45, 2.75) is 38.4 Å². The van der Waals surface area contributed by atoms with Gasteiger partial charge in [0.1, 0.15) is 17.7 Å². The maximum Gasteiger partial charge on any atom is 0.133 e. The van der Waals surface area contributed by atoms with E-state index in [9.17, 15) is 0 Å². The molecule has 1 aliphatic rings. The Morgan fingerprint density at radius 3 is 3.05 bits per heavy atom. The summed E-state index contributed by atoms with van der Waals surface area (Å²) < 4.78 is 2.11. The molecular formula is C13H26N6O. The molecule has 0 aromatic carbocycles. The Hall–Kier alpha value is -1.15. The van der Waals surface area contributed by atoms with Gasteiger partial charge in [0.05, 0.1) is 13.0 Å². The lowest BCUT2D eigenvalue weighted by atomic mass is 10.2. The van der Waals surface area contributed by atoms with Crippen LogP contribution in [0.25, 0.3) is 0 Å². The maximum absolute atomic E-state index is 8.68. The van der Waals surface area contributed by atoms with Crippen LogP contribution >= 0.6 is 0 Å². The Labute approximate surface area is 119 Å². The summed E-state index contributed by atoms with van der Waals surface area (Å²) in [6.07, 6.45) is 6.04. The minimum absolute atomic E-state index is 0.174. The minimum Gasteiger partial charge on any atom is -0.396 e. The zero-order chi connectivity index (χ0) is 14.2. The monoisotopic (exact) mass is 282 g/mol. The molecule has 7 heteroatoms. The second-order valence-corrected chi connectivity index (χ2v) is 5.09. The van der Waals surface area contributed by atoms with Gasteiger partial charge in [-0.25, -0.2) is 4.98 Å². The zero-order valence-electron chi connectivity index (χ0n) is 11.9. The average molecular weight is 282 g/mol. The van der Waals surface area contributed by atoms with E-state index in [-0.39, 0.29) is 6.17 Å². The first kappa shape index (κ1) is 15.2. The van der Waals surface area contributed by atoms with E-state index in [1.807, 2.05) is 6.33 Å². The van der Waals surface area contributed by atoms with E-state index in [1.54, 1.807) is 0 Å². The lowest BCUT2D eigenvalue weighted by molar-refractivity contribution is 0.282. The molecular weight excluding hydrogens is 256 g/mol. The van der Waals surface area contributed by atoms with Crippen LogP contribution in [0.3, 0.4) is 0 Å². The number of nitrogens with one attached hydrogen (secondary N) is 3. The molecule has 1 aliphatic heterocycles. The van der Waals surface area contributed by atoms with Gasteiger partial charge in [0.15, 0.2) is 0 Å². The third-order valence-corrected chi connectivity index (χ3v) is 3.53. The van der Waals surface area contributed by atoms with E-state index in [1.165, 1.54) is 6.42 Å². The number of nitrogens with two attached hydrogens (primary N) is 1. The Balaban J connectivity index is 1.63. The number of imidazole rings is 1. The van der Waals surface area contributed by atoms with Crippen LogP contribution in [0.15, 0.2) is 6.33 Å². The molecule has 0 amide bonds. The van der Waals surface area contributed by atoms with Crippen molar-refractivity contribution in [3.63, 3.8) is 0 Å². The highest BCUT2D eigenvalue weighted by Gasteiger charge is 2.20. The number of fused-ring (bicyclic) bond motifs is 1. The first-order valence-corrected chi connectivity index (χ1v) is 7.42. The van der Waals surface area contributed by atoms with Gasteiger partial charge < -0.3 is 26.0 Å². The molecule has 1 atom stereocenters. The second kappa shape index (κ2) is 8.21. The van der Waals surface area contributed by atoms with Crippen LogP contribution < -0.4 is 21.7 Å². The number of rotatable bonds is 9. The van der Waals surface area contributed by atoms with Crippen molar-refractivity contribution in [3.05, 3.63) is 12.0 Å². The van der Waals surface area contributed by atoms with E-state index in [0.717, 1.165) is 50.4 Å². The molecule has 0 saturated carbocycles. The molecule has 114 valence electrons. The van der Waals surface area contributed by atoms with Gasteiger partial charge >= 0.3 is 0 Å². The number of hydrogen-bond donors (Lipinski definition) is 5. The molecule has 0 aliphatic carbocycles. The number of aromatic nitrogens is 2. The molecule has 7 nitrogen and oxygen atoms in total. The van der Waals surface area contributed by atoms with Crippen LogP contribution in [0.2, 0.25) is 0 Å². The first-order valence-electron chi connectivity index (χ1n) is 7.42. The summed E-state index contributed by atoms with van der Waals surface area (Å²) in [7, 11) is 0. The molecule has 0 fully saturated rings. The highest BCUT2D eigenvalue weighted by atomic mass is 16.2. The SMILES string of the molecule is NC1NCNc2c1ncn2CCNCCCCCCO. The molecule has 1 unspecified atom stereocenters. The van der Waals surface area contributed by atoms with Gasteiger partial charge in [-0.15, -0.1) is 0 Å². The summed E-state index contributed by atoms with van der Waals surface area (Å²) in [4.78, 5) is 4.35. The number of anilines is 1. The number of nitrogens with zero attached hydrogens (tertiary/aromatic N) is 2. The molecule has 2 heterocycles. The van der Waals surface area contributed by atoms with Crippen molar-refractivity contribution in [3.8, 4) is 0 Å². The van der Waals surface area contributed by atoms with Gasteiger partial charge in [-0.05, 0) is 19.4 Å². The fourth-order valence-electron chi connectivity index (χ4n) is 2.37. The lowest BCUT2D eigenvalue weighted by Gasteiger charge is -2.22. The van der Waals surface area contributed by atoms with Crippen molar-refractivity contribution in [2.75, 3.05) is 31.7 Å². The maximum atomic E-state index is 8.68. The van der Waals surface area contributed by atoms with Crippen LogP contribution in [-0.4, -0.2) is 41.0 Å². The average Bonchev–Trinajstić information content (AvgIpc) is 2.87. The molecule has 0 radical (unpaired) electrons. The van der Waals surface area contributed by atoms with Crippen molar-refractivity contribution in [2.24, 2.45) is 5.73 Å². The van der Waals surface area contributed by atoms with Gasteiger partial charge in [-0.3, -0.25) is 5.32 Å². The van der Waals surface area contributed by atoms with E-state index in [0.29, 0.717) is 13.3 Å². The van der Waals surface area contributed by atoms with Gasteiger partial charge in [-0.1, -0.05) is 12.8 Å². The summed E-state index contributed by atoms with van der Waals surface area (Å²) in [5, 5.41) is 18.5. The van der Waals surface area contributed by atoms with Crippen molar-refractivity contribution >= 4 is 5.82 Å². The highest BCUT2D eigenvalue weighted by molar-refractivity contribution is 5.45. The minimum atomic E-state index is -0.174. The van der Waals surface area contributed by atoms with Crippen LogP contribution in [0.5, 0.6) is 0 Å². The molecule has 2 rings (SSSR count). The van der Waals surface area contributed by atoms with E-state index < -0.39 is 0 Å². The molecule has 1 aromatic rings. The van der Waals surface area contributed by atoms with E-state index >= 15 is 0 Å². The van der Waals surface area contributed by atoms with Crippen molar-refractivity contribution in [1.82, 2.24) is 20.2 Å². The number of aliphatic hydroxyl groups excluding tert-OH is 1. The fourth-order valence-corrected chi connectivity index (χ4v) is 2.37.